The van der Waals surface area contributed by atoms with Crippen LogP contribution < -0.4 is 10.6 Å². The molecular formula is C19H33N3. The Morgan fingerprint density at radius 2 is 1.32 bits per heavy atom. The van der Waals surface area contributed by atoms with Crippen LogP contribution in [0.25, 0.3) is 0 Å². The topological polar surface area (TPSA) is 36.4 Å². The van der Waals surface area contributed by atoms with E-state index >= 15 is 0 Å². The third-order valence-electron chi connectivity index (χ3n) is 2.95. The normalized spacial score (nSPS) is 14.0. The quantitative estimate of drug-likeness (QED) is 0.569. The average molecular weight is 303 g/mol. The number of hydrogen-bond donors (Lipinski definition) is 2. The molecule has 0 saturated heterocycles. The largest absolute Gasteiger partial charge is 0.352 e. The van der Waals surface area contributed by atoms with Crippen molar-refractivity contribution in [1.29, 1.82) is 0 Å². The maximum absolute atomic E-state index is 4.76. The van der Waals surface area contributed by atoms with Crippen LogP contribution in [0.4, 0.5) is 5.69 Å². The van der Waals surface area contributed by atoms with E-state index in [1.165, 1.54) is 5.56 Å². The SMILES string of the molecule is CC(C)(C)/N=C(\Nc1ccc(C(C)(C)C)cc1)NC(C)(C)C. The molecule has 0 aliphatic carbocycles. The van der Waals surface area contributed by atoms with Gasteiger partial charge in [-0.15, -0.1) is 0 Å². The summed E-state index contributed by atoms with van der Waals surface area (Å²) in [5.74, 6) is 0.809. The average Bonchev–Trinajstić information content (AvgIpc) is 2.23. The lowest BCUT2D eigenvalue weighted by molar-refractivity contribution is 0.501. The predicted molar refractivity (Wildman–Crippen MR) is 98.8 cm³/mol. The van der Waals surface area contributed by atoms with Gasteiger partial charge in [0.15, 0.2) is 5.96 Å². The van der Waals surface area contributed by atoms with Crippen molar-refractivity contribution >= 4 is 11.6 Å². The molecule has 0 radical (unpaired) electrons. The van der Waals surface area contributed by atoms with Gasteiger partial charge >= 0.3 is 0 Å². The molecule has 0 saturated carbocycles. The Labute approximate surface area is 136 Å². The lowest BCUT2D eigenvalue weighted by Gasteiger charge is -2.26. The van der Waals surface area contributed by atoms with Crippen molar-refractivity contribution in [2.24, 2.45) is 4.99 Å². The van der Waals surface area contributed by atoms with Gasteiger partial charge in [0.2, 0.25) is 0 Å². The summed E-state index contributed by atoms with van der Waals surface area (Å²) in [6, 6.07) is 8.58. The van der Waals surface area contributed by atoms with Crippen LogP contribution in [0.2, 0.25) is 0 Å². The molecule has 3 nitrogen and oxygen atoms in total. The molecule has 0 aliphatic heterocycles. The van der Waals surface area contributed by atoms with Crippen molar-refractivity contribution in [1.82, 2.24) is 5.32 Å². The summed E-state index contributed by atoms with van der Waals surface area (Å²) in [6.07, 6.45) is 0. The highest BCUT2D eigenvalue weighted by Crippen LogP contribution is 2.23. The van der Waals surface area contributed by atoms with Crippen LogP contribution in [0.1, 0.15) is 67.9 Å². The van der Waals surface area contributed by atoms with Gasteiger partial charge in [-0.3, -0.25) is 0 Å². The van der Waals surface area contributed by atoms with Crippen LogP contribution in [0.5, 0.6) is 0 Å². The van der Waals surface area contributed by atoms with Crippen LogP contribution in [-0.2, 0) is 5.41 Å². The second-order valence-electron chi connectivity index (χ2n) is 8.96. The van der Waals surface area contributed by atoms with Gasteiger partial charge in [-0.25, -0.2) is 4.99 Å². The van der Waals surface area contributed by atoms with Crippen molar-refractivity contribution in [3.63, 3.8) is 0 Å². The van der Waals surface area contributed by atoms with Gasteiger partial charge in [0, 0.05) is 11.2 Å². The van der Waals surface area contributed by atoms with Gasteiger partial charge in [-0.05, 0) is 64.7 Å². The number of aliphatic imine (C=N–C) groups is 1. The molecule has 1 aromatic rings. The number of anilines is 1. The Bertz CT molecular complexity index is 506. The Hall–Kier alpha value is -1.51. The Morgan fingerprint density at radius 3 is 1.68 bits per heavy atom. The fraction of sp³-hybridized carbons (Fsp3) is 0.632. The molecule has 0 bridgehead atoms. The summed E-state index contributed by atoms with van der Waals surface area (Å²) >= 11 is 0. The fourth-order valence-electron chi connectivity index (χ4n) is 1.97. The molecule has 3 heteroatoms. The van der Waals surface area contributed by atoms with Gasteiger partial charge in [0.25, 0.3) is 0 Å². The van der Waals surface area contributed by atoms with E-state index in [2.05, 4.69) is 97.2 Å². The highest BCUT2D eigenvalue weighted by Gasteiger charge is 2.17. The zero-order chi connectivity index (χ0) is 17.2. The van der Waals surface area contributed by atoms with Crippen LogP contribution in [0.15, 0.2) is 29.3 Å². The maximum atomic E-state index is 4.76. The molecule has 1 aromatic carbocycles. The summed E-state index contributed by atoms with van der Waals surface area (Å²) in [6.45, 7) is 19.4. The van der Waals surface area contributed by atoms with E-state index < -0.39 is 0 Å². The second-order valence-corrected chi connectivity index (χ2v) is 8.96. The molecule has 1 rings (SSSR count). The van der Waals surface area contributed by atoms with Gasteiger partial charge in [0.05, 0.1) is 5.54 Å². The minimum atomic E-state index is -0.133. The smallest absolute Gasteiger partial charge is 0.196 e. The van der Waals surface area contributed by atoms with Gasteiger partial charge in [-0.2, -0.15) is 0 Å². The Morgan fingerprint density at radius 1 is 0.818 bits per heavy atom. The van der Waals surface area contributed by atoms with Crippen molar-refractivity contribution in [3.8, 4) is 0 Å². The standard InChI is InChI=1S/C19H33N3/c1-17(2,3)14-10-12-15(13-11-14)20-16(21-18(4,5)6)22-19(7,8)9/h10-13H,1-9H3,(H2,20,21,22). The molecule has 0 aromatic heterocycles. The van der Waals surface area contributed by atoms with Crippen LogP contribution in [-0.4, -0.2) is 17.0 Å². The number of nitrogens with zero attached hydrogens (tertiary/aromatic N) is 1. The van der Waals surface area contributed by atoms with E-state index in [4.69, 9.17) is 4.99 Å². The van der Waals surface area contributed by atoms with Crippen molar-refractivity contribution in [2.45, 2.75) is 78.8 Å². The van der Waals surface area contributed by atoms with E-state index in [0.717, 1.165) is 11.6 Å². The molecule has 0 aliphatic rings. The number of guanidine groups is 1. The molecular weight excluding hydrogens is 270 g/mol. The highest BCUT2D eigenvalue weighted by molar-refractivity contribution is 5.94. The molecule has 0 fully saturated rings. The molecule has 124 valence electrons. The predicted octanol–water partition coefficient (Wildman–Crippen LogP) is 4.94. The fourth-order valence-corrected chi connectivity index (χ4v) is 1.97. The van der Waals surface area contributed by atoms with E-state index in [1.54, 1.807) is 0 Å². The van der Waals surface area contributed by atoms with E-state index in [0.29, 0.717) is 0 Å². The molecule has 22 heavy (non-hydrogen) atoms. The van der Waals surface area contributed by atoms with E-state index in [9.17, 15) is 0 Å². The zero-order valence-corrected chi connectivity index (χ0v) is 15.8. The number of rotatable bonds is 1. The molecule has 0 heterocycles. The summed E-state index contributed by atoms with van der Waals surface area (Å²) in [5.41, 5.74) is 2.38. The summed E-state index contributed by atoms with van der Waals surface area (Å²) in [7, 11) is 0. The van der Waals surface area contributed by atoms with Gasteiger partial charge in [-0.1, -0.05) is 32.9 Å². The third-order valence-corrected chi connectivity index (χ3v) is 2.95. The lowest BCUT2D eigenvalue weighted by Crippen LogP contribution is -2.45. The first-order valence-electron chi connectivity index (χ1n) is 8.02. The maximum Gasteiger partial charge on any atom is 0.196 e. The first kappa shape index (κ1) is 18.5. The Kier molecular flexibility index (Phi) is 5.32. The minimum Gasteiger partial charge on any atom is -0.352 e. The Balaban J connectivity index is 2.98. The lowest BCUT2D eigenvalue weighted by atomic mass is 9.87. The van der Waals surface area contributed by atoms with E-state index in [1.807, 2.05) is 0 Å². The van der Waals surface area contributed by atoms with Crippen LogP contribution >= 0.6 is 0 Å². The highest BCUT2D eigenvalue weighted by atomic mass is 15.2. The van der Waals surface area contributed by atoms with E-state index in [-0.39, 0.29) is 16.5 Å². The summed E-state index contributed by atoms with van der Waals surface area (Å²) in [5, 5.41) is 6.85. The first-order chi connectivity index (χ1) is 9.76. The molecule has 0 unspecified atom stereocenters. The first-order valence-corrected chi connectivity index (χ1v) is 8.02. The molecule has 0 spiro atoms. The minimum absolute atomic E-state index is 0.0393. The zero-order valence-electron chi connectivity index (χ0n) is 15.8. The molecule has 0 amide bonds. The van der Waals surface area contributed by atoms with Crippen molar-refractivity contribution < 1.29 is 0 Å². The molecule has 0 atom stereocenters. The third kappa shape index (κ3) is 6.97. The molecule has 2 N–H and O–H groups in total. The van der Waals surface area contributed by atoms with Gasteiger partial charge < -0.3 is 10.6 Å². The monoisotopic (exact) mass is 303 g/mol. The summed E-state index contributed by atoms with van der Waals surface area (Å²) in [4.78, 5) is 4.76. The number of nitrogens with one attached hydrogen (secondary N) is 2. The van der Waals surface area contributed by atoms with Crippen LogP contribution in [0, 0.1) is 0 Å². The summed E-state index contributed by atoms with van der Waals surface area (Å²) < 4.78 is 0. The number of hydrogen-bond acceptors (Lipinski definition) is 1. The number of benzene rings is 1. The van der Waals surface area contributed by atoms with Crippen molar-refractivity contribution in [3.05, 3.63) is 29.8 Å². The van der Waals surface area contributed by atoms with Crippen molar-refractivity contribution in [2.75, 3.05) is 5.32 Å². The van der Waals surface area contributed by atoms with Crippen LogP contribution in [0.3, 0.4) is 0 Å². The second kappa shape index (κ2) is 6.31. The van der Waals surface area contributed by atoms with Gasteiger partial charge in [0.1, 0.15) is 0 Å².